The van der Waals surface area contributed by atoms with Gasteiger partial charge < -0.3 is 15.5 Å². The van der Waals surface area contributed by atoms with Crippen molar-refractivity contribution in [3.63, 3.8) is 0 Å². The average molecular weight is 304 g/mol. The summed E-state index contributed by atoms with van der Waals surface area (Å²) in [4.78, 5) is 21.9. The Balaban J connectivity index is 2.10. The molecule has 0 unspecified atom stereocenters. The van der Waals surface area contributed by atoms with Crippen molar-refractivity contribution >= 4 is 11.6 Å². The molecule has 116 valence electrons. The van der Waals surface area contributed by atoms with Crippen LogP contribution in [0.1, 0.15) is 24.8 Å². The van der Waals surface area contributed by atoms with Gasteiger partial charge in [-0.1, -0.05) is 12.1 Å². The van der Waals surface area contributed by atoms with Crippen molar-refractivity contribution in [3.05, 3.63) is 62.7 Å². The summed E-state index contributed by atoms with van der Waals surface area (Å²) < 4.78 is 0. The number of carbonyl (C=O) groups excluding carboxylic acids is 1. The molecule has 1 aliphatic rings. The standard InChI is InChI=1S/C15H16N2O5/c1-9-3-2-4-11(7-9)16-13(18)8-10-5-6-12(17(21)22)15(20)14(10)19/h2-4,7,19-20H,5-6,8H2,1H3,(H,16,18). The minimum atomic E-state index is -0.755. The summed E-state index contributed by atoms with van der Waals surface area (Å²) >= 11 is 0. The molecule has 3 N–H and O–H groups in total. The lowest BCUT2D eigenvalue weighted by Gasteiger charge is -2.15. The van der Waals surface area contributed by atoms with E-state index in [1.165, 1.54) is 0 Å². The van der Waals surface area contributed by atoms with Crippen molar-refractivity contribution in [2.45, 2.75) is 26.2 Å². The van der Waals surface area contributed by atoms with Gasteiger partial charge >= 0.3 is 0 Å². The maximum Gasteiger partial charge on any atom is 0.291 e. The number of nitro groups is 1. The number of anilines is 1. The van der Waals surface area contributed by atoms with Crippen LogP contribution in [0.15, 0.2) is 47.1 Å². The molecule has 7 nitrogen and oxygen atoms in total. The van der Waals surface area contributed by atoms with Crippen molar-refractivity contribution in [2.75, 3.05) is 5.32 Å². The quantitative estimate of drug-likeness (QED) is 0.584. The van der Waals surface area contributed by atoms with E-state index in [9.17, 15) is 25.1 Å². The smallest absolute Gasteiger partial charge is 0.291 e. The highest BCUT2D eigenvalue weighted by Gasteiger charge is 2.29. The highest BCUT2D eigenvalue weighted by Crippen LogP contribution is 2.29. The summed E-state index contributed by atoms with van der Waals surface area (Å²) in [6.45, 7) is 1.90. The summed E-state index contributed by atoms with van der Waals surface area (Å²) in [5.74, 6) is -1.68. The Morgan fingerprint density at radius 2 is 2.05 bits per heavy atom. The molecule has 0 aliphatic heterocycles. The van der Waals surface area contributed by atoms with E-state index < -0.39 is 22.1 Å². The lowest BCUT2D eigenvalue weighted by molar-refractivity contribution is -0.431. The Morgan fingerprint density at radius 1 is 1.32 bits per heavy atom. The van der Waals surface area contributed by atoms with Crippen LogP contribution in [0.4, 0.5) is 5.69 Å². The third-order valence-corrected chi connectivity index (χ3v) is 3.39. The molecule has 0 aromatic heterocycles. The Morgan fingerprint density at radius 3 is 2.68 bits per heavy atom. The van der Waals surface area contributed by atoms with Gasteiger partial charge in [-0.25, -0.2) is 0 Å². The molecule has 1 aromatic carbocycles. The number of hydrogen-bond acceptors (Lipinski definition) is 5. The number of aliphatic hydroxyl groups is 2. The van der Waals surface area contributed by atoms with E-state index in [1.807, 2.05) is 13.0 Å². The third-order valence-electron chi connectivity index (χ3n) is 3.39. The first-order valence-corrected chi connectivity index (χ1v) is 6.73. The average Bonchev–Trinajstić information content (AvgIpc) is 2.43. The Hall–Kier alpha value is -2.83. The molecule has 1 amide bonds. The van der Waals surface area contributed by atoms with E-state index in [1.54, 1.807) is 18.2 Å². The van der Waals surface area contributed by atoms with Gasteiger partial charge in [0.05, 0.1) is 11.3 Å². The highest BCUT2D eigenvalue weighted by molar-refractivity contribution is 5.92. The number of nitrogens with one attached hydrogen (secondary N) is 1. The van der Waals surface area contributed by atoms with Crippen LogP contribution >= 0.6 is 0 Å². The van der Waals surface area contributed by atoms with Crippen LogP contribution in [0.5, 0.6) is 0 Å². The first kappa shape index (κ1) is 15.6. The summed E-state index contributed by atoms with van der Waals surface area (Å²) in [5, 5.41) is 32.8. The molecule has 0 spiro atoms. The molecular formula is C15H16N2O5. The van der Waals surface area contributed by atoms with Crippen LogP contribution in [0, 0.1) is 17.0 Å². The largest absolute Gasteiger partial charge is 0.504 e. The number of carbonyl (C=O) groups is 1. The highest BCUT2D eigenvalue weighted by atomic mass is 16.6. The molecule has 0 bridgehead atoms. The Kier molecular flexibility index (Phi) is 4.45. The molecule has 2 rings (SSSR count). The van der Waals surface area contributed by atoms with Gasteiger partial charge in [0.25, 0.3) is 5.70 Å². The van der Waals surface area contributed by atoms with E-state index in [0.717, 1.165) is 5.56 Å². The number of aryl methyl sites for hydroxylation is 1. The molecule has 0 saturated heterocycles. The maximum absolute atomic E-state index is 12.0. The van der Waals surface area contributed by atoms with Crippen LogP contribution in [-0.2, 0) is 4.79 Å². The summed E-state index contributed by atoms with van der Waals surface area (Å²) in [7, 11) is 0. The molecule has 1 aromatic rings. The minimum Gasteiger partial charge on any atom is -0.504 e. The second-order valence-electron chi connectivity index (χ2n) is 5.10. The van der Waals surface area contributed by atoms with Crippen molar-refractivity contribution in [3.8, 4) is 0 Å². The zero-order valence-corrected chi connectivity index (χ0v) is 12.0. The first-order chi connectivity index (χ1) is 10.4. The lowest BCUT2D eigenvalue weighted by atomic mass is 9.97. The van der Waals surface area contributed by atoms with E-state index in [-0.39, 0.29) is 30.7 Å². The van der Waals surface area contributed by atoms with Crippen molar-refractivity contribution in [2.24, 2.45) is 0 Å². The summed E-state index contributed by atoms with van der Waals surface area (Å²) in [6.07, 6.45) is 0.0121. The zero-order valence-electron chi connectivity index (χ0n) is 12.0. The summed E-state index contributed by atoms with van der Waals surface area (Å²) in [6, 6.07) is 7.24. The van der Waals surface area contributed by atoms with E-state index in [0.29, 0.717) is 5.69 Å². The number of rotatable bonds is 4. The molecular weight excluding hydrogens is 288 g/mol. The predicted molar refractivity (Wildman–Crippen MR) is 80.0 cm³/mol. The van der Waals surface area contributed by atoms with Gasteiger partial charge in [-0.3, -0.25) is 14.9 Å². The fraction of sp³-hybridized carbons (Fsp3) is 0.267. The van der Waals surface area contributed by atoms with Crippen LogP contribution in [0.25, 0.3) is 0 Å². The fourth-order valence-electron chi connectivity index (χ4n) is 2.28. The van der Waals surface area contributed by atoms with Gasteiger partial charge in [0, 0.05) is 12.1 Å². The monoisotopic (exact) mass is 304 g/mol. The van der Waals surface area contributed by atoms with Gasteiger partial charge in [0.15, 0.2) is 5.76 Å². The van der Waals surface area contributed by atoms with E-state index >= 15 is 0 Å². The van der Waals surface area contributed by atoms with Crippen molar-refractivity contribution in [1.29, 1.82) is 0 Å². The zero-order chi connectivity index (χ0) is 16.3. The molecule has 1 aliphatic carbocycles. The molecule has 7 heteroatoms. The number of amides is 1. The maximum atomic E-state index is 12.0. The molecule has 0 radical (unpaired) electrons. The normalized spacial score (nSPS) is 15.0. The lowest BCUT2D eigenvalue weighted by Crippen LogP contribution is -2.17. The molecule has 22 heavy (non-hydrogen) atoms. The third kappa shape index (κ3) is 3.43. The first-order valence-electron chi connectivity index (χ1n) is 6.73. The summed E-state index contributed by atoms with van der Waals surface area (Å²) in [5.41, 5.74) is 1.48. The van der Waals surface area contributed by atoms with Crippen molar-refractivity contribution in [1.82, 2.24) is 0 Å². The molecule has 0 heterocycles. The van der Waals surface area contributed by atoms with E-state index in [2.05, 4.69) is 5.32 Å². The number of aliphatic hydroxyl groups excluding tert-OH is 2. The SMILES string of the molecule is Cc1cccc(NC(=O)CC2=C(O)C(O)=C([N+](=O)[O-])CC2)c1. The van der Waals surface area contributed by atoms with Gasteiger partial charge in [0.2, 0.25) is 11.7 Å². The van der Waals surface area contributed by atoms with Gasteiger partial charge in [-0.05, 0) is 36.6 Å². The number of benzene rings is 1. The predicted octanol–water partition coefficient (Wildman–Crippen LogP) is 2.98. The van der Waals surface area contributed by atoms with Crippen LogP contribution in [0.3, 0.4) is 0 Å². The molecule has 0 atom stereocenters. The van der Waals surface area contributed by atoms with Crippen LogP contribution in [-0.4, -0.2) is 21.0 Å². The second-order valence-corrected chi connectivity index (χ2v) is 5.10. The number of nitrogens with zero attached hydrogens (tertiary/aromatic N) is 1. The van der Waals surface area contributed by atoms with E-state index in [4.69, 9.17) is 0 Å². The van der Waals surface area contributed by atoms with Gasteiger partial charge in [-0.15, -0.1) is 0 Å². The molecule has 0 saturated carbocycles. The fourth-order valence-corrected chi connectivity index (χ4v) is 2.28. The van der Waals surface area contributed by atoms with Crippen molar-refractivity contribution < 1.29 is 19.9 Å². The number of hydrogen-bond donors (Lipinski definition) is 3. The van der Waals surface area contributed by atoms with Crippen LogP contribution < -0.4 is 5.32 Å². The number of allylic oxidation sites excluding steroid dienone is 1. The second kappa shape index (κ2) is 6.30. The Labute approximate surface area is 126 Å². The Bertz CT molecular complexity index is 691. The molecule has 0 fully saturated rings. The van der Waals surface area contributed by atoms with Gasteiger partial charge in [0.1, 0.15) is 0 Å². The topological polar surface area (TPSA) is 113 Å². The van der Waals surface area contributed by atoms with Crippen LogP contribution in [0.2, 0.25) is 0 Å². The van der Waals surface area contributed by atoms with Gasteiger partial charge in [-0.2, -0.15) is 0 Å². The minimum absolute atomic E-state index is 0.0179.